The van der Waals surface area contributed by atoms with Gasteiger partial charge in [-0.25, -0.2) is 21.6 Å². The summed E-state index contributed by atoms with van der Waals surface area (Å²) in [6, 6.07) is 5.98. The Bertz CT molecular complexity index is 1110. The van der Waals surface area contributed by atoms with Crippen molar-refractivity contribution in [3.8, 4) is 0 Å². The van der Waals surface area contributed by atoms with Crippen LogP contribution in [0.2, 0.25) is 0 Å². The molecule has 0 aromatic heterocycles. The van der Waals surface area contributed by atoms with Crippen LogP contribution in [-0.4, -0.2) is 35.4 Å². The summed E-state index contributed by atoms with van der Waals surface area (Å²) in [6.07, 6.45) is 7.36. The molecule has 0 bridgehead atoms. The van der Waals surface area contributed by atoms with E-state index in [9.17, 15) is 16.8 Å². The molecular formula is C23H36N2O4S2. The SMILES string of the molecule is CC12CCC3C(C)(C)C(NS(C)(=O)=O)CCC3(C)C1Cc1cc(NS(C)(=O)=O)ccc12. The van der Waals surface area contributed by atoms with Crippen molar-refractivity contribution >= 4 is 25.7 Å². The van der Waals surface area contributed by atoms with Gasteiger partial charge in [0.1, 0.15) is 0 Å². The molecule has 0 aliphatic heterocycles. The summed E-state index contributed by atoms with van der Waals surface area (Å²) in [5.74, 6) is 0.884. The van der Waals surface area contributed by atoms with Crippen LogP contribution in [0.15, 0.2) is 18.2 Å². The minimum Gasteiger partial charge on any atom is -0.284 e. The van der Waals surface area contributed by atoms with Gasteiger partial charge < -0.3 is 0 Å². The molecule has 31 heavy (non-hydrogen) atoms. The van der Waals surface area contributed by atoms with E-state index < -0.39 is 20.0 Å². The molecule has 0 radical (unpaired) electrons. The molecule has 0 saturated heterocycles. The van der Waals surface area contributed by atoms with Gasteiger partial charge in [-0.3, -0.25) is 4.72 Å². The third kappa shape index (κ3) is 3.82. The quantitative estimate of drug-likeness (QED) is 0.706. The van der Waals surface area contributed by atoms with Crippen molar-refractivity contribution in [2.45, 2.75) is 71.3 Å². The van der Waals surface area contributed by atoms with Gasteiger partial charge in [-0.15, -0.1) is 0 Å². The summed E-state index contributed by atoms with van der Waals surface area (Å²) in [7, 11) is -6.56. The second-order valence-electron chi connectivity index (χ2n) is 11.3. The lowest BCUT2D eigenvalue weighted by molar-refractivity contribution is -0.109. The van der Waals surface area contributed by atoms with Gasteiger partial charge in [0.15, 0.2) is 0 Å². The van der Waals surface area contributed by atoms with E-state index in [2.05, 4.69) is 43.2 Å². The van der Waals surface area contributed by atoms with Crippen LogP contribution in [0, 0.1) is 22.7 Å². The van der Waals surface area contributed by atoms with E-state index in [1.165, 1.54) is 23.6 Å². The molecule has 1 aromatic carbocycles. The number of nitrogens with one attached hydrogen (secondary N) is 2. The van der Waals surface area contributed by atoms with Gasteiger partial charge in [0.25, 0.3) is 0 Å². The zero-order valence-electron chi connectivity index (χ0n) is 19.4. The van der Waals surface area contributed by atoms with E-state index in [4.69, 9.17) is 0 Å². The monoisotopic (exact) mass is 468 g/mol. The van der Waals surface area contributed by atoms with Crippen molar-refractivity contribution < 1.29 is 16.8 Å². The average molecular weight is 469 g/mol. The minimum atomic E-state index is -3.31. The Morgan fingerprint density at radius 1 is 0.903 bits per heavy atom. The highest BCUT2D eigenvalue weighted by atomic mass is 32.2. The van der Waals surface area contributed by atoms with Crippen LogP contribution in [0.3, 0.4) is 0 Å². The van der Waals surface area contributed by atoms with Crippen LogP contribution >= 0.6 is 0 Å². The second-order valence-corrected chi connectivity index (χ2v) is 14.8. The van der Waals surface area contributed by atoms with Gasteiger partial charge in [-0.2, -0.15) is 0 Å². The molecule has 3 aliphatic rings. The van der Waals surface area contributed by atoms with E-state index in [0.29, 0.717) is 17.5 Å². The first-order chi connectivity index (χ1) is 14.1. The van der Waals surface area contributed by atoms with Crippen molar-refractivity contribution in [2.24, 2.45) is 22.7 Å². The highest BCUT2D eigenvalue weighted by Gasteiger charge is 2.62. The fourth-order valence-corrected chi connectivity index (χ4v) is 9.12. The molecule has 0 spiro atoms. The molecule has 2 N–H and O–H groups in total. The van der Waals surface area contributed by atoms with Gasteiger partial charge in [0.2, 0.25) is 20.0 Å². The molecule has 0 amide bonds. The molecule has 5 atom stereocenters. The predicted molar refractivity (Wildman–Crippen MR) is 125 cm³/mol. The third-order valence-corrected chi connectivity index (χ3v) is 10.2. The number of sulfonamides is 2. The van der Waals surface area contributed by atoms with Gasteiger partial charge in [-0.1, -0.05) is 33.8 Å². The lowest BCUT2D eigenvalue weighted by Crippen LogP contribution is -2.61. The summed E-state index contributed by atoms with van der Waals surface area (Å²) in [5, 5.41) is 0. The summed E-state index contributed by atoms with van der Waals surface area (Å²) in [5.41, 5.74) is 3.27. The first-order valence-corrected chi connectivity index (χ1v) is 14.9. The Morgan fingerprint density at radius 3 is 2.19 bits per heavy atom. The topological polar surface area (TPSA) is 92.3 Å². The number of anilines is 1. The van der Waals surface area contributed by atoms with E-state index in [1.54, 1.807) is 0 Å². The van der Waals surface area contributed by atoms with Crippen LogP contribution in [-0.2, 0) is 31.9 Å². The van der Waals surface area contributed by atoms with Crippen molar-refractivity contribution in [3.63, 3.8) is 0 Å². The predicted octanol–water partition coefficient (Wildman–Crippen LogP) is 3.64. The summed E-state index contributed by atoms with van der Waals surface area (Å²) in [6.45, 7) is 9.26. The minimum absolute atomic E-state index is 0.0423. The standard InChI is InChI=1S/C23H36N2O4S2/c1-21(2)18-9-11-22(3)17-8-7-16(24-30(5,26)27)13-15(17)14-19(22)23(18,4)12-10-20(21)25-31(6,28)29/h7-8,13,18-20,24-25H,9-12,14H2,1-6H3. The maximum Gasteiger partial charge on any atom is 0.229 e. The zero-order chi connectivity index (χ0) is 23.0. The fraction of sp³-hybridized carbons (Fsp3) is 0.739. The van der Waals surface area contributed by atoms with Gasteiger partial charge >= 0.3 is 0 Å². The van der Waals surface area contributed by atoms with Crippen LogP contribution in [0.5, 0.6) is 0 Å². The molecule has 3 aliphatic carbocycles. The van der Waals surface area contributed by atoms with E-state index >= 15 is 0 Å². The van der Waals surface area contributed by atoms with E-state index in [1.807, 2.05) is 12.1 Å². The molecule has 2 saturated carbocycles. The van der Waals surface area contributed by atoms with Gasteiger partial charge in [0.05, 0.1) is 12.5 Å². The lowest BCUT2D eigenvalue weighted by atomic mass is 9.43. The van der Waals surface area contributed by atoms with Crippen molar-refractivity contribution in [1.82, 2.24) is 4.72 Å². The van der Waals surface area contributed by atoms with Crippen molar-refractivity contribution in [3.05, 3.63) is 29.3 Å². The summed E-state index contributed by atoms with van der Waals surface area (Å²) >= 11 is 0. The second kappa shape index (κ2) is 6.94. The molecule has 2 fully saturated rings. The van der Waals surface area contributed by atoms with Crippen molar-refractivity contribution in [2.75, 3.05) is 17.2 Å². The van der Waals surface area contributed by atoms with Gasteiger partial charge in [-0.05, 0) is 83.4 Å². The van der Waals surface area contributed by atoms with Crippen molar-refractivity contribution in [1.29, 1.82) is 0 Å². The smallest absolute Gasteiger partial charge is 0.229 e. The largest absolute Gasteiger partial charge is 0.284 e. The first kappa shape index (κ1) is 23.1. The number of hydrogen-bond donors (Lipinski definition) is 2. The Morgan fingerprint density at radius 2 is 1.58 bits per heavy atom. The number of fused-ring (bicyclic) bond motifs is 5. The third-order valence-electron chi connectivity index (χ3n) is 8.89. The maximum absolute atomic E-state index is 12.0. The van der Waals surface area contributed by atoms with Crippen LogP contribution in [0.1, 0.15) is 64.5 Å². The Hall–Kier alpha value is -1.12. The molecule has 0 heterocycles. The van der Waals surface area contributed by atoms with E-state index in [0.717, 1.165) is 32.1 Å². The number of benzene rings is 1. The van der Waals surface area contributed by atoms with E-state index in [-0.39, 0.29) is 22.3 Å². The molecule has 6 nitrogen and oxygen atoms in total. The molecular weight excluding hydrogens is 432 g/mol. The number of hydrogen-bond acceptors (Lipinski definition) is 4. The molecule has 8 heteroatoms. The molecule has 174 valence electrons. The molecule has 1 aromatic rings. The first-order valence-electron chi connectivity index (χ1n) is 11.1. The lowest BCUT2D eigenvalue weighted by Gasteiger charge is -2.63. The summed E-state index contributed by atoms with van der Waals surface area (Å²) in [4.78, 5) is 0. The van der Waals surface area contributed by atoms with Crippen LogP contribution in [0.4, 0.5) is 5.69 Å². The number of rotatable bonds is 4. The molecule has 4 rings (SSSR count). The van der Waals surface area contributed by atoms with Gasteiger partial charge in [0, 0.05) is 11.7 Å². The highest BCUT2D eigenvalue weighted by molar-refractivity contribution is 7.92. The maximum atomic E-state index is 12.0. The molecule has 5 unspecified atom stereocenters. The van der Waals surface area contributed by atoms with Crippen LogP contribution in [0.25, 0.3) is 0 Å². The summed E-state index contributed by atoms with van der Waals surface area (Å²) < 4.78 is 52.9. The van der Waals surface area contributed by atoms with Crippen LogP contribution < -0.4 is 9.44 Å². The Labute approximate surface area is 187 Å². The zero-order valence-corrected chi connectivity index (χ0v) is 21.1. The Balaban J connectivity index is 1.68. The highest BCUT2D eigenvalue weighted by Crippen LogP contribution is 2.67. The average Bonchev–Trinajstić information content (AvgIpc) is 2.89. The normalized spacial score (nSPS) is 36.9. The fourth-order valence-electron chi connectivity index (χ4n) is 7.63. The Kier molecular flexibility index (Phi) is 5.16.